The Morgan fingerprint density at radius 3 is 2.40 bits per heavy atom. The lowest BCUT2D eigenvalue weighted by molar-refractivity contribution is -0.116. The molecule has 0 heterocycles. The number of allylic oxidation sites excluding steroid dienone is 10. The molecule has 0 saturated carbocycles. The number of rotatable bonds is 3. The lowest BCUT2D eigenvalue weighted by Crippen LogP contribution is -2.24. The Kier molecular flexibility index (Phi) is 5.50. The highest BCUT2D eigenvalue weighted by molar-refractivity contribution is 5.93. The molecule has 0 N–H and O–H groups in total. The van der Waals surface area contributed by atoms with E-state index in [1.54, 1.807) is 6.08 Å². The summed E-state index contributed by atoms with van der Waals surface area (Å²) in [6, 6.07) is 0. The van der Waals surface area contributed by atoms with Crippen molar-refractivity contribution in [1.29, 1.82) is 0 Å². The molecule has 108 valence electrons. The molecule has 0 aliphatic heterocycles. The molecule has 0 atom stereocenters. The molecular formula is C19H26O. The van der Waals surface area contributed by atoms with Crippen LogP contribution in [0.3, 0.4) is 0 Å². The third-order valence-corrected chi connectivity index (χ3v) is 3.45. The topological polar surface area (TPSA) is 17.1 Å². The molecule has 1 heteroatoms. The Hall–Kier alpha value is -1.63. The molecule has 0 saturated heterocycles. The minimum absolute atomic E-state index is 0.0731. The van der Waals surface area contributed by atoms with Gasteiger partial charge in [-0.05, 0) is 50.3 Å². The number of carbonyl (C=O) groups excluding carboxylic acids is 1. The zero-order chi connectivity index (χ0) is 15.3. The minimum Gasteiger partial charge on any atom is -0.295 e. The van der Waals surface area contributed by atoms with Crippen LogP contribution in [0, 0.1) is 5.41 Å². The number of ketones is 1. The summed E-state index contributed by atoms with van der Waals surface area (Å²) < 4.78 is 0. The highest BCUT2D eigenvalue weighted by Gasteiger charge is 2.30. The molecule has 0 amide bonds. The van der Waals surface area contributed by atoms with Crippen molar-refractivity contribution in [1.82, 2.24) is 0 Å². The van der Waals surface area contributed by atoms with Crippen molar-refractivity contribution in [2.45, 2.75) is 48.0 Å². The Morgan fingerprint density at radius 1 is 1.20 bits per heavy atom. The molecule has 0 aromatic carbocycles. The van der Waals surface area contributed by atoms with Crippen molar-refractivity contribution in [3.8, 4) is 0 Å². The molecule has 0 spiro atoms. The molecule has 1 aliphatic rings. The van der Waals surface area contributed by atoms with Gasteiger partial charge in [-0.15, -0.1) is 0 Å². The standard InChI is InChI=1S/C19H26O/c1-14(2)8-7-9-15(3)10-11-18-16(4)12-17(20)13-19(18,5)6/h7-12H,13H2,1-6H3/b9-7+,15-10+,18-11+. The van der Waals surface area contributed by atoms with Crippen molar-refractivity contribution in [3.63, 3.8) is 0 Å². The second kappa shape index (κ2) is 6.69. The Labute approximate surface area is 123 Å². The van der Waals surface area contributed by atoms with Gasteiger partial charge in [-0.25, -0.2) is 0 Å². The van der Waals surface area contributed by atoms with Gasteiger partial charge in [0.15, 0.2) is 5.78 Å². The van der Waals surface area contributed by atoms with E-state index in [1.165, 1.54) is 16.7 Å². The van der Waals surface area contributed by atoms with E-state index in [1.807, 2.05) is 6.92 Å². The molecule has 20 heavy (non-hydrogen) atoms. The van der Waals surface area contributed by atoms with E-state index < -0.39 is 0 Å². The van der Waals surface area contributed by atoms with Crippen LogP contribution in [0.25, 0.3) is 0 Å². The van der Waals surface area contributed by atoms with Crippen molar-refractivity contribution in [2.24, 2.45) is 5.41 Å². The molecular weight excluding hydrogens is 244 g/mol. The van der Waals surface area contributed by atoms with Crippen LogP contribution in [0.15, 0.2) is 58.7 Å². The maximum absolute atomic E-state index is 11.6. The molecule has 1 nitrogen and oxygen atoms in total. The molecule has 0 bridgehead atoms. The minimum atomic E-state index is -0.0731. The predicted molar refractivity (Wildman–Crippen MR) is 87.6 cm³/mol. The van der Waals surface area contributed by atoms with Gasteiger partial charge in [-0.3, -0.25) is 4.79 Å². The molecule has 0 fully saturated rings. The fourth-order valence-corrected chi connectivity index (χ4v) is 2.45. The Morgan fingerprint density at radius 2 is 1.85 bits per heavy atom. The monoisotopic (exact) mass is 270 g/mol. The fraction of sp³-hybridized carbons (Fsp3) is 0.421. The number of carbonyl (C=O) groups is 1. The van der Waals surface area contributed by atoms with Crippen molar-refractivity contribution in [2.75, 3.05) is 0 Å². The van der Waals surface area contributed by atoms with Crippen molar-refractivity contribution < 1.29 is 4.79 Å². The summed E-state index contributed by atoms with van der Waals surface area (Å²) in [6.07, 6.45) is 12.9. The lowest BCUT2D eigenvalue weighted by Gasteiger charge is -2.31. The summed E-state index contributed by atoms with van der Waals surface area (Å²) in [5, 5.41) is 0. The second-order valence-corrected chi connectivity index (χ2v) is 6.45. The summed E-state index contributed by atoms with van der Waals surface area (Å²) in [5.41, 5.74) is 4.76. The lowest BCUT2D eigenvalue weighted by atomic mass is 9.72. The zero-order valence-electron chi connectivity index (χ0n) is 13.6. The SMILES string of the molecule is CC(C)=C/C=C/C(C)=C/C=C1\C(C)=CC(=O)CC1(C)C. The average molecular weight is 270 g/mol. The van der Waals surface area contributed by atoms with E-state index in [4.69, 9.17) is 0 Å². The van der Waals surface area contributed by atoms with E-state index >= 15 is 0 Å². The summed E-state index contributed by atoms with van der Waals surface area (Å²) in [6.45, 7) is 12.5. The van der Waals surface area contributed by atoms with Crippen LogP contribution in [-0.4, -0.2) is 5.78 Å². The van der Waals surface area contributed by atoms with Gasteiger partial charge in [-0.1, -0.05) is 55.4 Å². The Balaban J connectivity index is 2.98. The van der Waals surface area contributed by atoms with E-state index in [0.717, 1.165) is 5.57 Å². The first-order valence-electron chi connectivity index (χ1n) is 7.14. The van der Waals surface area contributed by atoms with E-state index in [2.05, 4.69) is 65.0 Å². The summed E-state index contributed by atoms with van der Waals surface area (Å²) in [4.78, 5) is 11.6. The predicted octanol–water partition coefficient (Wildman–Crippen LogP) is 5.33. The third kappa shape index (κ3) is 4.80. The van der Waals surface area contributed by atoms with E-state index in [-0.39, 0.29) is 11.2 Å². The van der Waals surface area contributed by atoms with Crippen molar-refractivity contribution in [3.05, 3.63) is 58.7 Å². The van der Waals surface area contributed by atoms with Gasteiger partial charge < -0.3 is 0 Å². The van der Waals surface area contributed by atoms with Crippen LogP contribution in [-0.2, 0) is 4.79 Å². The van der Waals surface area contributed by atoms with Gasteiger partial charge >= 0.3 is 0 Å². The van der Waals surface area contributed by atoms with Crippen LogP contribution in [0.4, 0.5) is 0 Å². The average Bonchev–Trinajstić information content (AvgIpc) is 2.25. The van der Waals surface area contributed by atoms with Crippen LogP contribution < -0.4 is 0 Å². The maximum atomic E-state index is 11.6. The van der Waals surface area contributed by atoms with Crippen LogP contribution in [0.2, 0.25) is 0 Å². The summed E-state index contributed by atoms with van der Waals surface area (Å²) in [5.74, 6) is 0.230. The first kappa shape index (κ1) is 16.4. The quantitative estimate of drug-likeness (QED) is 0.634. The molecule has 0 aromatic rings. The normalized spacial score (nSPS) is 21.3. The van der Waals surface area contributed by atoms with Crippen LogP contribution in [0.5, 0.6) is 0 Å². The molecule has 0 radical (unpaired) electrons. The van der Waals surface area contributed by atoms with Gasteiger partial charge in [-0.2, -0.15) is 0 Å². The highest BCUT2D eigenvalue weighted by atomic mass is 16.1. The van der Waals surface area contributed by atoms with Crippen LogP contribution in [0.1, 0.15) is 48.0 Å². The summed E-state index contributed by atoms with van der Waals surface area (Å²) >= 11 is 0. The smallest absolute Gasteiger partial charge is 0.156 e. The van der Waals surface area contributed by atoms with Gasteiger partial charge in [0.05, 0.1) is 0 Å². The fourth-order valence-electron chi connectivity index (χ4n) is 2.45. The molecule has 0 aromatic heterocycles. The highest BCUT2D eigenvalue weighted by Crippen LogP contribution is 2.38. The van der Waals surface area contributed by atoms with Gasteiger partial charge in [0.2, 0.25) is 0 Å². The van der Waals surface area contributed by atoms with Gasteiger partial charge in [0.1, 0.15) is 0 Å². The first-order chi connectivity index (χ1) is 9.22. The largest absolute Gasteiger partial charge is 0.295 e. The molecule has 0 unspecified atom stereocenters. The summed E-state index contributed by atoms with van der Waals surface area (Å²) in [7, 11) is 0. The number of hydrogen-bond acceptors (Lipinski definition) is 1. The van der Waals surface area contributed by atoms with Crippen molar-refractivity contribution >= 4 is 5.78 Å². The Bertz CT molecular complexity index is 530. The van der Waals surface area contributed by atoms with Gasteiger partial charge in [0.25, 0.3) is 0 Å². The van der Waals surface area contributed by atoms with E-state index in [9.17, 15) is 4.79 Å². The maximum Gasteiger partial charge on any atom is 0.156 e. The molecule has 1 rings (SSSR count). The van der Waals surface area contributed by atoms with Gasteiger partial charge in [0, 0.05) is 6.42 Å². The van der Waals surface area contributed by atoms with E-state index in [0.29, 0.717) is 6.42 Å². The second-order valence-electron chi connectivity index (χ2n) is 6.45. The number of hydrogen-bond donors (Lipinski definition) is 0. The first-order valence-corrected chi connectivity index (χ1v) is 7.14. The van der Waals surface area contributed by atoms with Crippen LogP contribution >= 0.6 is 0 Å². The zero-order valence-corrected chi connectivity index (χ0v) is 13.6. The molecule has 1 aliphatic carbocycles. The third-order valence-electron chi connectivity index (χ3n) is 3.45.